The Morgan fingerprint density at radius 3 is 2.45 bits per heavy atom. The van der Waals surface area contributed by atoms with E-state index in [0.717, 1.165) is 19.4 Å². The molecule has 0 bridgehead atoms. The van der Waals surface area contributed by atoms with Crippen LogP contribution in [0.5, 0.6) is 0 Å². The molecule has 1 amide bonds. The molecule has 1 saturated heterocycles. The molecule has 0 radical (unpaired) electrons. The average molecular weight is 291 g/mol. The highest BCUT2D eigenvalue weighted by molar-refractivity contribution is 5.82. The van der Waals surface area contributed by atoms with Crippen LogP contribution in [-0.2, 0) is 4.79 Å². The lowest BCUT2D eigenvalue weighted by atomic mass is 9.94. The van der Waals surface area contributed by atoms with Crippen molar-refractivity contribution in [1.82, 2.24) is 10.6 Å². The molecule has 1 aliphatic heterocycles. The van der Waals surface area contributed by atoms with Gasteiger partial charge >= 0.3 is 0 Å². The quantitative estimate of drug-likeness (QED) is 0.475. The lowest BCUT2D eigenvalue weighted by Gasteiger charge is -2.17. The summed E-state index contributed by atoms with van der Waals surface area (Å²) in [7, 11) is 0. The van der Waals surface area contributed by atoms with Crippen molar-refractivity contribution in [2.75, 3.05) is 13.1 Å². The minimum Gasteiger partial charge on any atom is -0.512 e. The zero-order valence-electron chi connectivity index (χ0n) is 11.5. The van der Waals surface area contributed by atoms with E-state index in [1.165, 1.54) is 0 Å². The van der Waals surface area contributed by atoms with Crippen molar-refractivity contribution >= 4 is 12.6 Å². The molecule has 0 aliphatic carbocycles. The van der Waals surface area contributed by atoms with Gasteiger partial charge in [-0.15, -0.1) is 0 Å². The van der Waals surface area contributed by atoms with E-state index in [2.05, 4.69) is 17.4 Å². The minimum atomic E-state index is -0.254. The van der Waals surface area contributed by atoms with Gasteiger partial charge in [0.1, 0.15) is 0 Å². The van der Waals surface area contributed by atoms with E-state index < -0.39 is 0 Å². The van der Waals surface area contributed by atoms with Crippen molar-refractivity contribution in [3.63, 3.8) is 0 Å². The van der Waals surface area contributed by atoms with Gasteiger partial charge in [0.15, 0.2) is 0 Å². The lowest BCUT2D eigenvalue weighted by Crippen LogP contribution is -2.40. The highest BCUT2D eigenvalue weighted by atomic mass is 16.3. The van der Waals surface area contributed by atoms with Crippen LogP contribution < -0.4 is 10.6 Å². The zero-order valence-corrected chi connectivity index (χ0v) is 11.5. The Kier molecular flexibility index (Phi) is 13.6. The molecule has 1 heterocycles. The van der Waals surface area contributed by atoms with Gasteiger partial charge in [-0.2, -0.15) is 0 Å². The Morgan fingerprint density at radius 2 is 2.05 bits per heavy atom. The molecule has 0 saturated carbocycles. The maximum Gasteiger partial charge on any atom is 0.237 e. The first-order valence-corrected chi connectivity index (χ1v) is 6.17. The highest BCUT2D eigenvalue weighted by Crippen LogP contribution is 2.21. The summed E-state index contributed by atoms with van der Waals surface area (Å²) >= 11 is 0. The third kappa shape index (κ3) is 8.69. The lowest BCUT2D eigenvalue weighted by molar-refractivity contribution is -0.122. The summed E-state index contributed by atoms with van der Waals surface area (Å²) < 4.78 is 0. The number of amides is 1. The summed E-state index contributed by atoms with van der Waals surface area (Å²) in [5, 5.41) is 21.1. The summed E-state index contributed by atoms with van der Waals surface area (Å²) in [5.41, 5.74) is -0.254. The maximum absolute atomic E-state index is 11.6. The number of aliphatic hydroxyl groups excluding tert-OH is 1. The van der Waals surface area contributed by atoms with Crippen molar-refractivity contribution in [2.45, 2.75) is 54.5 Å². The Hall–Kier alpha value is -1.36. The smallest absolute Gasteiger partial charge is 0.237 e. The Morgan fingerprint density at radius 1 is 1.50 bits per heavy atom. The molecular weight excluding hydrogens is 254 g/mol. The number of allylic oxidation sites excluding steroid dienone is 1. The van der Waals surface area contributed by atoms with E-state index in [1.807, 2.05) is 20.8 Å². The molecule has 4 N–H and O–H groups in total. The van der Waals surface area contributed by atoms with Gasteiger partial charge in [0.05, 0.1) is 11.8 Å². The number of rotatable bonds is 3. The number of nitrogens with one attached hydrogen (secondary N) is 3. The number of aliphatic hydroxyl groups is 1. The second-order valence-corrected chi connectivity index (χ2v) is 5.23. The van der Waals surface area contributed by atoms with Crippen molar-refractivity contribution in [1.29, 1.82) is 5.41 Å². The first kappa shape index (κ1) is 23.7. The summed E-state index contributed by atoms with van der Waals surface area (Å²) in [5.74, 6) is 0.336. The standard InChI is InChI=1S/C12H22N2O2.CH3N.2CH4.2H2/c1-12(2,3)10(15)6-8-14-11(16)9-5-4-7-13-9;1-2;;;;/h6,9,13,15H,4-5,7-8H2,1-3H3,(H,14,16);2H,1H2;2*1H4;2*1H/b10-6-;;;;;/t9-;;;;;/m0...../s1. The topological polar surface area (TPSA) is 85.2 Å². The van der Waals surface area contributed by atoms with E-state index in [0.29, 0.717) is 12.3 Å². The Balaban J connectivity index is -0.000000154. The highest BCUT2D eigenvalue weighted by Gasteiger charge is 2.21. The minimum absolute atomic E-state index is 0. The second kappa shape index (κ2) is 11.5. The first-order valence-electron chi connectivity index (χ1n) is 6.17. The zero-order chi connectivity index (χ0) is 14.2. The number of carbonyl (C=O) groups is 1. The van der Waals surface area contributed by atoms with Crippen molar-refractivity contribution in [3.8, 4) is 0 Å². The van der Waals surface area contributed by atoms with E-state index in [1.54, 1.807) is 6.08 Å². The molecule has 20 heavy (non-hydrogen) atoms. The Bertz CT molecular complexity index is 300. The molecule has 1 aliphatic rings. The van der Waals surface area contributed by atoms with Crippen LogP contribution in [0.25, 0.3) is 0 Å². The predicted octanol–water partition coefficient (Wildman–Crippen LogP) is 3.37. The van der Waals surface area contributed by atoms with Gasteiger partial charge in [0.2, 0.25) is 5.91 Å². The Labute approximate surface area is 127 Å². The van der Waals surface area contributed by atoms with Crippen LogP contribution in [0, 0.1) is 10.8 Å². The molecule has 0 spiro atoms. The summed E-state index contributed by atoms with van der Waals surface area (Å²) in [6, 6.07) is -0.0508. The van der Waals surface area contributed by atoms with Crippen molar-refractivity contribution in [2.24, 2.45) is 5.41 Å². The van der Waals surface area contributed by atoms with Crippen LogP contribution in [0.4, 0.5) is 0 Å². The SMILES string of the molecule is C.C.C=N.CC(C)(C)/C(O)=C/CNC(=O)[C@@H]1CCCN1.[HH].[HH]. The van der Waals surface area contributed by atoms with Crippen LogP contribution in [0.3, 0.4) is 0 Å². The van der Waals surface area contributed by atoms with Crippen molar-refractivity contribution < 1.29 is 12.8 Å². The molecule has 5 nitrogen and oxygen atoms in total. The largest absolute Gasteiger partial charge is 0.512 e. The third-order valence-electron chi connectivity index (χ3n) is 2.72. The summed E-state index contributed by atoms with van der Waals surface area (Å²) in [6.07, 6.45) is 3.62. The number of hydrogen-bond donors (Lipinski definition) is 4. The number of carbonyl (C=O) groups excluding carboxylic acids is 1. The van der Waals surface area contributed by atoms with Gasteiger partial charge in [0, 0.05) is 14.8 Å². The first-order chi connectivity index (χ1) is 8.41. The molecule has 0 aromatic heterocycles. The third-order valence-corrected chi connectivity index (χ3v) is 2.72. The fraction of sp³-hybridized carbons (Fsp3) is 0.733. The molecule has 1 atom stereocenters. The van der Waals surface area contributed by atoms with Crippen LogP contribution >= 0.6 is 0 Å². The van der Waals surface area contributed by atoms with E-state index >= 15 is 0 Å². The van der Waals surface area contributed by atoms with Crippen LogP contribution in [0.2, 0.25) is 0 Å². The van der Waals surface area contributed by atoms with Crippen LogP contribution in [-0.4, -0.2) is 36.9 Å². The van der Waals surface area contributed by atoms with Gasteiger partial charge in [-0.3, -0.25) is 4.79 Å². The van der Waals surface area contributed by atoms with Gasteiger partial charge in [0.25, 0.3) is 0 Å². The van der Waals surface area contributed by atoms with Gasteiger partial charge in [-0.1, -0.05) is 35.6 Å². The van der Waals surface area contributed by atoms with E-state index in [9.17, 15) is 9.90 Å². The number of hydrogen-bond acceptors (Lipinski definition) is 4. The molecule has 0 unspecified atom stereocenters. The summed E-state index contributed by atoms with van der Waals surface area (Å²) in [6.45, 7) is 9.60. The molecule has 0 aromatic rings. The van der Waals surface area contributed by atoms with E-state index in [4.69, 9.17) is 5.41 Å². The monoisotopic (exact) mass is 291 g/mol. The van der Waals surface area contributed by atoms with Gasteiger partial charge in [-0.05, 0) is 32.2 Å². The van der Waals surface area contributed by atoms with Crippen LogP contribution in [0.1, 0.15) is 51.3 Å². The van der Waals surface area contributed by atoms with Gasteiger partial charge < -0.3 is 21.1 Å². The molecule has 0 aromatic carbocycles. The fourth-order valence-electron chi connectivity index (χ4n) is 1.59. The molecule has 5 heteroatoms. The van der Waals surface area contributed by atoms with E-state index in [-0.39, 0.29) is 35.1 Å². The van der Waals surface area contributed by atoms with Gasteiger partial charge in [-0.25, -0.2) is 0 Å². The molecular formula is C15H37N3O2. The average Bonchev–Trinajstić information content (AvgIpc) is 2.83. The fourth-order valence-corrected chi connectivity index (χ4v) is 1.59. The van der Waals surface area contributed by atoms with Crippen molar-refractivity contribution in [3.05, 3.63) is 11.8 Å². The normalized spacial score (nSPS) is 17.9. The molecule has 1 rings (SSSR count). The molecule has 124 valence electrons. The molecule has 1 fully saturated rings. The predicted molar refractivity (Wildman–Crippen MR) is 91.7 cm³/mol. The van der Waals surface area contributed by atoms with Crippen LogP contribution in [0.15, 0.2) is 11.8 Å². The summed E-state index contributed by atoms with van der Waals surface area (Å²) in [4.78, 5) is 11.6. The maximum atomic E-state index is 11.6. The second-order valence-electron chi connectivity index (χ2n) is 5.23.